The zero-order valence-corrected chi connectivity index (χ0v) is 21.4. The Hall–Kier alpha value is -1.88. The fourth-order valence-electron chi connectivity index (χ4n) is 2.47. The normalized spacial score (nSPS) is 11.4. The van der Waals surface area contributed by atoms with E-state index in [2.05, 4.69) is 32.9 Å². The molecule has 0 unspecified atom stereocenters. The lowest BCUT2D eigenvalue weighted by Crippen LogP contribution is -2.37. The van der Waals surface area contributed by atoms with E-state index in [0.717, 1.165) is 35.9 Å². The summed E-state index contributed by atoms with van der Waals surface area (Å²) in [5, 5.41) is 10.4. The highest BCUT2D eigenvalue weighted by atomic mass is 127. The number of carbonyl (C=O) groups excluding carboxylic acids is 1. The molecule has 0 saturated heterocycles. The summed E-state index contributed by atoms with van der Waals surface area (Å²) < 4.78 is 5.25. The van der Waals surface area contributed by atoms with Crippen LogP contribution in [0.1, 0.15) is 43.1 Å². The highest BCUT2D eigenvalue weighted by Crippen LogP contribution is 2.14. The van der Waals surface area contributed by atoms with Gasteiger partial charge in [-0.1, -0.05) is 19.1 Å². The van der Waals surface area contributed by atoms with Gasteiger partial charge in [0.15, 0.2) is 5.96 Å². The molecule has 0 aliphatic rings. The van der Waals surface area contributed by atoms with Gasteiger partial charge >= 0.3 is 6.09 Å². The van der Waals surface area contributed by atoms with Crippen LogP contribution in [-0.2, 0) is 24.1 Å². The maximum atomic E-state index is 11.8. The van der Waals surface area contributed by atoms with E-state index in [4.69, 9.17) is 4.74 Å². The molecule has 1 amide bonds. The summed E-state index contributed by atoms with van der Waals surface area (Å²) in [6.07, 6.45) is 3.33. The third kappa shape index (κ3) is 9.75. The zero-order valence-electron chi connectivity index (χ0n) is 18.2. The standard InChI is InChI=1S/C21H31N5O2S.HI/c1-6-17-13-24-18(29-17)14-25-19(22-5)23-12-11-15-7-9-16(10-8-15)26-20(27)28-21(2,3)4;/h7-10,13H,6,11-12,14H2,1-5H3,(H,26,27)(H2,22,23,25);1H. The number of halogens is 1. The Bertz CT molecular complexity index is 816. The maximum Gasteiger partial charge on any atom is 0.412 e. The Labute approximate surface area is 200 Å². The molecule has 0 saturated carbocycles. The van der Waals surface area contributed by atoms with Crippen LogP contribution in [0.25, 0.3) is 0 Å². The molecule has 0 atom stereocenters. The van der Waals surface area contributed by atoms with Gasteiger partial charge in [-0.2, -0.15) is 0 Å². The van der Waals surface area contributed by atoms with Gasteiger partial charge in [0.05, 0.1) is 6.54 Å². The van der Waals surface area contributed by atoms with Crippen LogP contribution in [0.2, 0.25) is 0 Å². The summed E-state index contributed by atoms with van der Waals surface area (Å²) in [6, 6.07) is 7.74. The number of ether oxygens (including phenoxy) is 1. The lowest BCUT2D eigenvalue weighted by atomic mass is 10.1. The topological polar surface area (TPSA) is 87.6 Å². The minimum atomic E-state index is -0.514. The number of benzene rings is 1. The summed E-state index contributed by atoms with van der Waals surface area (Å²) >= 11 is 1.72. The largest absolute Gasteiger partial charge is 0.444 e. The number of nitrogens with one attached hydrogen (secondary N) is 3. The molecule has 0 aliphatic carbocycles. The maximum absolute atomic E-state index is 11.8. The second kappa shape index (κ2) is 12.7. The predicted octanol–water partition coefficient (Wildman–Crippen LogP) is 4.58. The van der Waals surface area contributed by atoms with E-state index >= 15 is 0 Å². The molecule has 0 radical (unpaired) electrons. The predicted molar refractivity (Wildman–Crippen MR) is 135 cm³/mol. The molecule has 0 bridgehead atoms. The Morgan fingerprint density at radius 3 is 2.47 bits per heavy atom. The van der Waals surface area contributed by atoms with Crippen molar-refractivity contribution in [1.82, 2.24) is 15.6 Å². The number of nitrogens with zero attached hydrogens (tertiary/aromatic N) is 2. The Kier molecular flexibility index (Phi) is 11.1. The third-order valence-corrected chi connectivity index (χ3v) is 5.03. The number of hydrogen-bond acceptors (Lipinski definition) is 5. The average molecular weight is 545 g/mol. The van der Waals surface area contributed by atoms with Crippen molar-refractivity contribution in [3.8, 4) is 0 Å². The Morgan fingerprint density at radius 1 is 1.20 bits per heavy atom. The number of aromatic nitrogens is 1. The van der Waals surface area contributed by atoms with Crippen LogP contribution < -0.4 is 16.0 Å². The van der Waals surface area contributed by atoms with Crippen molar-refractivity contribution >= 4 is 53.1 Å². The van der Waals surface area contributed by atoms with E-state index in [9.17, 15) is 4.79 Å². The highest BCUT2D eigenvalue weighted by molar-refractivity contribution is 14.0. The highest BCUT2D eigenvalue weighted by Gasteiger charge is 2.16. The number of carbonyl (C=O) groups is 1. The van der Waals surface area contributed by atoms with Crippen LogP contribution in [0.3, 0.4) is 0 Å². The SMILES string of the molecule is CCc1cnc(CNC(=NC)NCCc2ccc(NC(=O)OC(C)(C)C)cc2)s1.I. The molecule has 1 heterocycles. The quantitative estimate of drug-likeness (QED) is 0.270. The molecule has 2 rings (SSSR count). The molecule has 9 heteroatoms. The first-order valence-electron chi connectivity index (χ1n) is 9.76. The number of rotatable bonds is 7. The summed E-state index contributed by atoms with van der Waals surface area (Å²) in [7, 11) is 1.76. The molecular formula is C21H32IN5O2S. The summed E-state index contributed by atoms with van der Waals surface area (Å²) in [6.45, 7) is 9.05. The molecule has 3 N–H and O–H groups in total. The number of thiazole rings is 1. The monoisotopic (exact) mass is 545 g/mol. The van der Waals surface area contributed by atoms with E-state index in [1.54, 1.807) is 18.4 Å². The Morgan fingerprint density at radius 2 is 1.90 bits per heavy atom. The first-order valence-corrected chi connectivity index (χ1v) is 10.6. The van der Waals surface area contributed by atoms with E-state index in [1.165, 1.54) is 4.88 Å². The van der Waals surface area contributed by atoms with Crippen molar-refractivity contribution in [2.24, 2.45) is 4.99 Å². The van der Waals surface area contributed by atoms with E-state index in [1.807, 2.05) is 51.2 Å². The van der Waals surface area contributed by atoms with Gasteiger partial charge in [0.1, 0.15) is 10.6 Å². The Balaban J connectivity index is 0.00000450. The van der Waals surface area contributed by atoms with Crippen LogP contribution in [0.5, 0.6) is 0 Å². The molecular weight excluding hydrogens is 513 g/mol. The van der Waals surface area contributed by atoms with Crippen molar-refractivity contribution in [1.29, 1.82) is 0 Å². The number of aliphatic imine (C=N–C) groups is 1. The van der Waals surface area contributed by atoms with Gasteiger partial charge in [0, 0.05) is 30.4 Å². The van der Waals surface area contributed by atoms with E-state index in [0.29, 0.717) is 12.2 Å². The van der Waals surface area contributed by atoms with Crippen molar-refractivity contribution in [2.75, 3.05) is 18.9 Å². The molecule has 7 nitrogen and oxygen atoms in total. The van der Waals surface area contributed by atoms with Crippen molar-refractivity contribution < 1.29 is 9.53 Å². The fourth-order valence-corrected chi connectivity index (χ4v) is 3.28. The first kappa shape index (κ1) is 26.2. The van der Waals surface area contributed by atoms with Crippen LogP contribution in [0, 0.1) is 0 Å². The average Bonchev–Trinajstić information content (AvgIpc) is 3.12. The number of guanidine groups is 1. The fraction of sp³-hybridized carbons (Fsp3) is 0.476. The van der Waals surface area contributed by atoms with E-state index in [-0.39, 0.29) is 24.0 Å². The van der Waals surface area contributed by atoms with Crippen molar-refractivity contribution in [3.05, 3.63) is 45.9 Å². The smallest absolute Gasteiger partial charge is 0.412 e. The summed E-state index contributed by atoms with van der Waals surface area (Å²) in [5.41, 5.74) is 1.36. The molecule has 0 fully saturated rings. The number of hydrogen-bond donors (Lipinski definition) is 3. The number of aryl methyl sites for hydroxylation is 1. The number of anilines is 1. The first-order chi connectivity index (χ1) is 13.8. The van der Waals surface area contributed by atoms with Gasteiger partial charge in [-0.25, -0.2) is 9.78 Å². The zero-order chi connectivity index (χ0) is 21.3. The lowest BCUT2D eigenvalue weighted by Gasteiger charge is -2.19. The van der Waals surface area contributed by atoms with E-state index < -0.39 is 11.7 Å². The van der Waals surface area contributed by atoms with Crippen LogP contribution in [0.15, 0.2) is 35.5 Å². The van der Waals surface area contributed by atoms with Gasteiger partial charge < -0.3 is 15.4 Å². The van der Waals surface area contributed by atoms with Gasteiger partial charge in [0.25, 0.3) is 0 Å². The molecule has 30 heavy (non-hydrogen) atoms. The molecule has 1 aromatic heterocycles. The molecule has 0 aliphatic heterocycles. The third-order valence-electron chi connectivity index (χ3n) is 3.89. The minimum absolute atomic E-state index is 0. The molecule has 1 aromatic carbocycles. The second-order valence-corrected chi connectivity index (χ2v) is 8.70. The van der Waals surface area contributed by atoms with Gasteiger partial charge in [-0.3, -0.25) is 10.3 Å². The van der Waals surface area contributed by atoms with Crippen LogP contribution >= 0.6 is 35.3 Å². The van der Waals surface area contributed by atoms with Gasteiger partial charge in [-0.15, -0.1) is 35.3 Å². The molecule has 166 valence electrons. The van der Waals surface area contributed by atoms with Crippen LogP contribution in [0.4, 0.5) is 10.5 Å². The minimum Gasteiger partial charge on any atom is -0.444 e. The number of amides is 1. The molecule has 2 aromatic rings. The van der Waals surface area contributed by atoms with Crippen molar-refractivity contribution in [3.63, 3.8) is 0 Å². The van der Waals surface area contributed by atoms with Crippen molar-refractivity contribution in [2.45, 2.75) is 52.7 Å². The summed E-state index contributed by atoms with van der Waals surface area (Å²) in [4.78, 5) is 21.7. The summed E-state index contributed by atoms with van der Waals surface area (Å²) in [5.74, 6) is 0.751. The van der Waals surface area contributed by atoms with Gasteiger partial charge in [-0.05, 0) is 51.3 Å². The lowest BCUT2D eigenvalue weighted by molar-refractivity contribution is 0.0636. The second-order valence-electron chi connectivity index (χ2n) is 7.50. The van der Waals surface area contributed by atoms with Gasteiger partial charge in [0.2, 0.25) is 0 Å². The van der Waals surface area contributed by atoms with Crippen LogP contribution in [-0.4, -0.2) is 36.2 Å². The molecule has 0 spiro atoms.